The van der Waals surface area contributed by atoms with E-state index in [1.807, 2.05) is 12.1 Å². The fourth-order valence-electron chi connectivity index (χ4n) is 5.73. The van der Waals surface area contributed by atoms with Crippen LogP contribution in [0.15, 0.2) is 48.7 Å². The molecule has 4 unspecified atom stereocenters. The van der Waals surface area contributed by atoms with Crippen molar-refractivity contribution in [2.24, 2.45) is 5.92 Å². The summed E-state index contributed by atoms with van der Waals surface area (Å²) < 4.78 is 13.3. The summed E-state index contributed by atoms with van der Waals surface area (Å²) in [6.45, 7) is 5.55. The molecule has 0 amide bonds. The van der Waals surface area contributed by atoms with Crippen LogP contribution in [0.25, 0.3) is 5.57 Å². The third kappa shape index (κ3) is 2.63. The van der Waals surface area contributed by atoms with Gasteiger partial charge in [-0.1, -0.05) is 29.8 Å². The molecule has 2 saturated heterocycles. The molecule has 0 radical (unpaired) electrons. The largest absolute Gasteiger partial charge is 0.342 e. The quantitative estimate of drug-likeness (QED) is 0.725. The molecule has 1 saturated carbocycles. The Balaban J connectivity index is 1.60. The summed E-state index contributed by atoms with van der Waals surface area (Å²) in [5.74, 6) is 1.20. The van der Waals surface area contributed by atoms with E-state index in [2.05, 4.69) is 55.1 Å². The third-order valence-electron chi connectivity index (χ3n) is 6.97. The maximum absolute atomic E-state index is 13.3. The Bertz CT molecular complexity index is 901. The van der Waals surface area contributed by atoms with Gasteiger partial charge in [-0.15, -0.1) is 0 Å². The zero-order valence-electron chi connectivity index (χ0n) is 16.3. The summed E-state index contributed by atoms with van der Waals surface area (Å²) in [6, 6.07) is 14.9. The van der Waals surface area contributed by atoms with Crippen molar-refractivity contribution in [2.45, 2.75) is 44.7 Å². The van der Waals surface area contributed by atoms with Crippen LogP contribution in [0.3, 0.4) is 0 Å². The summed E-state index contributed by atoms with van der Waals surface area (Å²) >= 11 is 0. The summed E-state index contributed by atoms with van der Waals surface area (Å²) in [5.41, 5.74) is 6.52. The van der Waals surface area contributed by atoms with E-state index in [0.29, 0.717) is 18.0 Å². The highest BCUT2D eigenvalue weighted by Crippen LogP contribution is 2.54. The lowest BCUT2D eigenvalue weighted by Gasteiger charge is -2.53. The molecule has 1 aliphatic carbocycles. The van der Waals surface area contributed by atoms with E-state index in [0.717, 1.165) is 11.5 Å². The highest BCUT2D eigenvalue weighted by molar-refractivity contribution is 5.73. The van der Waals surface area contributed by atoms with Gasteiger partial charge in [-0.2, -0.15) is 0 Å². The van der Waals surface area contributed by atoms with Gasteiger partial charge in [0, 0.05) is 30.4 Å². The molecule has 2 aromatic rings. The average molecular weight is 362 g/mol. The fraction of sp³-hybridized carbons (Fsp3) is 0.417. The number of allylic oxidation sites excluding steroid dienone is 1. The van der Waals surface area contributed by atoms with Crippen LogP contribution in [-0.4, -0.2) is 30.6 Å². The Kier molecular flexibility index (Phi) is 3.90. The summed E-state index contributed by atoms with van der Waals surface area (Å²) in [5, 5.41) is 0. The number of aryl methyl sites for hydroxylation is 1. The molecule has 4 aliphatic rings. The Morgan fingerprint density at radius 3 is 2.63 bits per heavy atom. The number of hydrogen-bond donors (Lipinski definition) is 0. The normalized spacial score (nSPS) is 29.8. The van der Waals surface area contributed by atoms with Gasteiger partial charge in [-0.3, -0.25) is 0 Å². The van der Waals surface area contributed by atoms with E-state index in [1.54, 1.807) is 12.1 Å². The molecule has 4 atom stereocenters. The van der Waals surface area contributed by atoms with Crippen LogP contribution in [0.2, 0.25) is 0 Å². The zero-order chi connectivity index (χ0) is 18.7. The minimum absolute atomic E-state index is 0.181. The summed E-state index contributed by atoms with van der Waals surface area (Å²) in [6.07, 6.45) is 4.94. The van der Waals surface area contributed by atoms with E-state index in [1.165, 1.54) is 41.8 Å². The molecule has 0 spiro atoms. The molecule has 2 nitrogen and oxygen atoms in total. The van der Waals surface area contributed by atoms with Crippen LogP contribution < -0.4 is 4.90 Å². The molecule has 140 valence electrons. The SMILES string of the molecule is C/C(=C\N1c2ccc(C)cc2C2C3CCC(C21)N(C)C3)c1ccc(F)cc1. The molecule has 6 rings (SSSR count). The Morgan fingerprint density at radius 1 is 1.11 bits per heavy atom. The Hall–Kier alpha value is -2.13. The van der Waals surface area contributed by atoms with Crippen molar-refractivity contribution >= 4 is 11.3 Å². The first kappa shape index (κ1) is 17.0. The van der Waals surface area contributed by atoms with Crippen molar-refractivity contribution in [3.63, 3.8) is 0 Å². The second-order valence-corrected chi connectivity index (χ2v) is 8.65. The molecule has 2 aromatic carbocycles. The van der Waals surface area contributed by atoms with Gasteiger partial charge in [0.15, 0.2) is 0 Å². The molecular formula is C24H27FN2. The van der Waals surface area contributed by atoms with Crippen LogP contribution in [0.1, 0.15) is 42.4 Å². The first-order valence-corrected chi connectivity index (χ1v) is 10.1. The lowest BCUT2D eigenvalue weighted by molar-refractivity contribution is 0.0396. The van der Waals surface area contributed by atoms with Gasteiger partial charge in [0.25, 0.3) is 0 Å². The fourth-order valence-corrected chi connectivity index (χ4v) is 5.73. The molecule has 3 fully saturated rings. The zero-order valence-corrected chi connectivity index (χ0v) is 16.3. The lowest BCUT2D eigenvalue weighted by Crippen LogP contribution is -2.60. The number of hydrogen-bond acceptors (Lipinski definition) is 2. The number of benzene rings is 2. The van der Waals surface area contributed by atoms with Crippen LogP contribution in [0.4, 0.5) is 10.1 Å². The molecular weight excluding hydrogens is 335 g/mol. The maximum Gasteiger partial charge on any atom is 0.123 e. The molecule has 3 heterocycles. The molecule has 3 heteroatoms. The molecule has 3 aliphatic heterocycles. The second kappa shape index (κ2) is 6.20. The van der Waals surface area contributed by atoms with Gasteiger partial charge in [-0.05, 0) is 74.6 Å². The van der Waals surface area contributed by atoms with Gasteiger partial charge in [0.1, 0.15) is 5.82 Å². The highest BCUT2D eigenvalue weighted by atomic mass is 19.1. The van der Waals surface area contributed by atoms with Crippen molar-refractivity contribution in [3.05, 3.63) is 71.2 Å². The van der Waals surface area contributed by atoms with E-state index in [9.17, 15) is 4.39 Å². The van der Waals surface area contributed by atoms with Crippen molar-refractivity contribution < 1.29 is 4.39 Å². The van der Waals surface area contributed by atoms with Crippen molar-refractivity contribution in [3.8, 4) is 0 Å². The van der Waals surface area contributed by atoms with Crippen LogP contribution in [0, 0.1) is 18.7 Å². The number of piperidine rings is 2. The minimum Gasteiger partial charge on any atom is -0.342 e. The lowest BCUT2D eigenvalue weighted by atomic mass is 9.67. The smallest absolute Gasteiger partial charge is 0.123 e. The first-order chi connectivity index (χ1) is 13.0. The second-order valence-electron chi connectivity index (χ2n) is 8.65. The standard InChI is InChI=1S/C24H27FN2/c1-15-4-10-21-20(12-15)23-18-7-11-22(26(3)14-18)24(23)27(21)13-16(2)17-5-8-19(25)9-6-17/h4-6,8-10,12-13,18,22-24H,7,11,14H2,1-3H3/b16-13+. The molecule has 27 heavy (non-hydrogen) atoms. The van der Waals surface area contributed by atoms with Gasteiger partial charge in [-0.25, -0.2) is 4.39 Å². The van der Waals surface area contributed by atoms with Gasteiger partial charge < -0.3 is 9.80 Å². The minimum atomic E-state index is -0.181. The number of likely N-dealkylation sites (N-methyl/N-ethyl adjacent to an activating group) is 1. The van der Waals surface area contributed by atoms with Crippen LogP contribution in [-0.2, 0) is 0 Å². The predicted molar refractivity (Wildman–Crippen MR) is 109 cm³/mol. The number of nitrogens with zero attached hydrogens (tertiary/aromatic N) is 2. The van der Waals surface area contributed by atoms with E-state index < -0.39 is 0 Å². The molecule has 0 aromatic heterocycles. The van der Waals surface area contributed by atoms with Gasteiger partial charge in [0.2, 0.25) is 0 Å². The Morgan fingerprint density at radius 2 is 1.89 bits per heavy atom. The average Bonchev–Trinajstić information content (AvgIpc) is 2.98. The van der Waals surface area contributed by atoms with Gasteiger partial charge in [0.05, 0.1) is 6.04 Å². The maximum atomic E-state index is 13.3. The molecule has 0 N–H and O–H groups in total. The Labute approximate surface area is 161 Å². The third-order valence-corrected chi connectivity index (χ3v) is 6.97. The van der Waals surface area contributed by atoms with Crippen LogP contribution >= 0.6 is 0 Å². The van der Waals surface area contributed by atoms with E-state index in [-0.39, 0.29) is 5.82 Å². The molecule has 2 bridgehead atoms. The highest BCUT2D eigenvalue weighted by Gasteiger charge is 2.53. The first-order valence-electron chi connectivity index (χ1n) is 10.1. The van der Waals surface area contributed by atoms with Crippen LogP contribution in [0.5, 0.6) is 0 Å². The van der Waals surface area contributed by atoms with Gasteiger partial charge >= 0.3 is 0 Å². The topological polar surface area (TPSA) is 6.48 Å². The number of halogens is 1. The summed E-state index contributed by atoms with van der Waals surface area (Å²) in [4.78, 5) is 5.10. The number of anilines is 1. The number of fused-ring (bicyclic) bond motifs is 3. The van der Waals surface area contributed by atoms with E-state index >= 15 is 0 Å². The van der Waals surface area contributed by atoms with E-state index in [4.69, 9.17) is 0 Å². The summed E-state index contributed by atoms with van der Waals surface area (Å²) in [7, 11) is 2.29. The van der Waals surface area contributed by atoms with Crippen molar-refractivity contribution in [2.75, 3.05) is 18.5 Å². The van der Waals surface area contributed by atoms with Crippen molar-refractivity contribution in [1.82, 2.24) is 4.90 Å². The predicted octanol–water partition coefficient (Wildman–Crippen LogP) is 5.19. The van der Waals surface area contributed by atoms with Crippen molar-refractivity contribution in [1.29, 1.82) is 0 Å². The number of rotatable bonds is 2. The monoisotopic (exact) mass is 362 g/mol.